The molecular formula is C20H19F3N4O. The molecule has 0 amide bonds. The van der Waals surface area contributed by atoms with E-state index in [1.54, 1.807) is 34.9 Å². The number of rotatable bonds is 7. The maximum atomic E-state index is 12.5. The molecule has 0 spiro atoms. The number of allylic oxidation sites excluding steroid dienone is 1. The first-order chi connectivity index (χ1) is 13.4. The molecule has 146 valence electrons. The summed E-state index contributed by atoms with van der Waals surface area (Å²) in [6.07, 6.45) is 0.811. The Bertz CT molecular complexity index is 994. The van der Waals surface area contributed by atoms with E-state index in [1.807, 2.05) is 35.8 Å². The van der Waals surface area contributed by atoms with Gasteiger partial charge in [-0.25, -0.2) is 4.98 Å². The van der Waals surface area contributed by atoms with Gasteiger partial charge in [0.1, 0.15) is 5.65 Å². The number of pyridine rings is 1. The third kappa shape index (κ3) is 4.79. The summed E-state index contributed by atoms with van der Waals surface area (Å²) in [4.78, 5) is 4.63. The lowest BCUT2D eigenvalue weighted by Crippen LogP contribution is -2.28. The zero-order chi connectivity index (χ0) is 20.1. The monoisotopic (exact) mass is 388 g/mol. The zero-order valence-electron chi connectivity index (χ0n) is 14.9. The van der Waals surface area contributed by atoms with Gasteiger partial charge in [0, 0.05) is 18.3 Å². The summed E-state index contributed by atoms with van der Waals surface area (Å²) in [7, 11) is 0. The van der Waals surface area contributed by atoms with Crippen molar-refractivity contribution in [3.05, 3.63) is 78.3 Å². The van der Waals surface area contributed by atoms with Crippen LogP contribution in [0.1, 0.15) is 11.3 Å². The van der Waals surface area contributed by atoms with E-state index < -0.39 is 12.7 Å². The Morgan fingerprint density at radius 3 is 2.64 bits per heavy atom. The van der Waals surface area contributed by atoms with Gasteiger partial charge >= 0.3 is 6.18 Å². The van der Waals surface area contributed by atoms with Crippen LogP contribution in [0, 0.1) is 0 Å². The molecule has 0 aliphatic carbocycles. The first-order valence-corrected chi connectivity index (χ1v) is 8.48. The first kappa shape index (κ1) is 19.7. The van der Waals surface area contributed by atoms with Crippen LogP contribution in [0.2, 0.25) is 0 Å². The third-order valence-electron chi connectivity index (χ3n) is 4.03. The minimum atomic E-state index is -4.28. The fourth-order valence-electron chi connectivity index (χ4n) is 2.77. The van der Waals surface area contributed by atoms with Crippen LogP contribution in [0.25, 0.3) is 23.0 Å². The van der Waals surface area contributed by atoms with Crippen molar-refractivity contribution in [3.63, 3.8) is 0 Å². The molecule has 28 heavy (non-hydrogen) atoms. The number of nitrogens with one attached hydrogen (secondary N) is 2. The lowest BCUT2D eigenvalue weighted by atomic mass is 10.1. The Morgan fingerprint density at radius 1 is 1.21 bits per heavy atom. The Kier molecular flexibility index (Phi) is 5.81. The highest BCUT2D eigenvalue weighted by Crippen LogP contribution is 2.25. The van der Waals surface area contributed by atoms with Crippen molar-refractivity contribution in [3.8, 4) is 11.3 Å². The van der Waals surface area contributed by atoms with E-state index in [-0.39, 0.29) is 6.54 Å². The molecule has 3 N–H and O–H groups in total. The van der Waals surface area contributed by atoms with Crippen LogP contribution in [0.15, 0.2) is 67.0 Å². The summed E-state index contributed by atoms with van der Waals surface area (Å²) in [5, 5.41) is 11.2. The highest BCUT2D eigenvalue weighted by Gasteiger charge is 2.26. The molecule has 0 bridgehead atoms. The van der Waals surface area contributed by atoms with Crippen LogP contribution >= 0.6 is 0 Å². The van der Waals surface area contributed by atoms with Gasteiger partial charge in [0.05, 0.1) is 23.6 Å². The molecule has 0 aliphatic heterocycles. The maximum absolute atomic E-state index is 12.5. The molecule has 1 aromatic carbocycles. The summed E-state index contributed by atoms with van der Waals surface area (Å²) < 4.78 is 39.4. The number of imidazole rings is 1. The number of hydrogen-bond donors (Lipinski definition) is 3. The topological polar surface area (TPSA) is 61.6 Å². The van der Waals surface area contributed by atoms with Gasteiger partial charge in [-0.3, -0.25) is 10.7 Å². The van der Waals surface area contributed by atoms with E-state index >= 15 is 0 Å². The number of nitrogens with zero attached hydrogens (tertiary/aromatic N) is 2. The number of halogens is 3. The summed E-state index contributed by atoms with van der Waals surface area (Å²) in [5.41, 5.74) is 5.77. The Morgan fingerprint density at radius 2 is 1.96 bits per heavy atom. The predicted molar refractivity (Wildman–Crippen MR) is 101 cm³/mol. The molecule has 2 heterocycles. The average Bonchev–Trinajstić information content (AvgIpc) is 3.03. The lowest BCUT2D eigenvalue weighted by molar-refractivity contribution is -0.125. The van der Waals surface area contributed by atoms with Crippen molar-refractivity contribution in [1.82, 2.24) is 20.2 Å². The van der Waals surface area contributed by atoms with Crippen molar-refractivity contribution >= 4 is 11.7 Å². The minimum Gasteiger partial charge on any atom is -0.303 e. The SMILES string of the molecule is C=C(/C=C/c1ccn2c(CNCC(F)(F)F)c(-c3ccccc3)nc2c1)NO. The van der Waals surface area contributed by atoms with Gasteiger partial charge in [-0.2, -0.15) is 13.2 Å². The van der Waals surface area contributed by atoms with E-state index in [4.69, 9.17) is 5.21 Å². The highest BCUT2D eigenvalue weighted by atomic mass is 19.4. The van der Waals surface area contributed by atoms with Crippen LogP contribution in [0.5, 0.6) is 0 Å². The molecule has 0 saturated carbocycles. The van der Waals surface area contributed by atoms with Gasteiger partial charge in [-0.1, -0.05) is 43.0 Å². The predicted octanol–water partition coefficient (Wildman–Crippen LogP) is 4.16. The highest BCUT2D eigenvalue weighted by molar-refractivity contribution is 5.68. The number of aromatic nitrogens is 2. The van der Waals surface area contributed by atoms with E-state index in [9.17, 15) is 13.2 Å². The zero-order valence-corrected chi connectivity index (χ0v) is 14.9. The normalized spacial score (nSPS) is 12.0. The third-order valence-corrected chi connectivity index (χ3v) is 4.03. The summed E-state index contributed by atoms with van der Waals surface area (Å²) >= 11 is 0. The summed E-state index contributed by atoms with van der Waals surface area (Å²) in [6, 6.07) is 12.9. The number of hydrogen-bond acceptors (Lipinski definition) is 4. The number of hydroxylamine groups is 1. The molecule has 0 saturated heterocycles. The van der Waals surface area contributed by atoms with Crippen molar-refractivity contribution in [2.24, 2.45) is 0 Å². The molecule has 0 unspecified atom stereocenters. The van der Waals surface area contributed by atoms with Crippen molar-refractivity contribution in [2.75, 3.05) is 6.54 Å². The second kappa shape index (κ2) is 8.28. The minimum absolute atomic E-state index is 0.0192. The molecule has 3 rings (SSSR count). The number of alkyl halides is 3. The van der Waals surface area contributed by atoms with E-state index in [2.05, 4.69) is 16.9 Å². The van der Waals surface area contributed by atoms with E-state index in [0.717, 1.165) is 11.1 Å². The molecule has 2 aromatic heterocycles. The quantitative estimate of drug-likeness (QED) is 0.420. The van der Waals surface area contributed by atoms with Crippen molar-refractivity contribution < 1.29 is 18.4 Å². The van der Waals surface area contributed by atoms with Crippen LogP contribution < -0.4 is 10.8 Å². The summed E-state index contributed by atoms with van der Waals surface area (Å²) in [5.74, 6) is 0. The maximum Gasteiger partial charge on any atom is 0.401 e. The molecule has 0 atom stereocenters. The number of fused-ring (bicyclic) bond motifs is 1. The molecule has 8 heteroatoms. The molecule has 5 nitrogen and oxygen atoms in total. The number of benzene rings is 1. The molecular weight excluding hydrogens is 369 g/mol. The standard InChI is InChI=1S/C20H19F3N4O/c1-14(26-28)7-8-15-9-10-27-17(12-24-13-20(21,22)23)19(25-18(27)11-15)16-5-3-2-4-6-16/h2-11,24,26,28H,1,12-13H2/b8-7+. The largest absolute Gasteiger partial charge is 0.401 e. The van der Waals surface area contributed by atoms with Gasteiger partial charge in [0.25, 0.3) is 0 Å². The second-order valence-electron chi connectivity index (χ2n) is 6.15. The fraction of sp³-hybridized carbons (Fsp3) is 0.150. The molecule has 0 radical (unpaired) electrons. The van der Waals surface area contributed by atoms with Crippen LogP contribution in [0.3, 0.4) is 0 Å². The Hall–Kier alpha value is -3.10. The van der Waals surface area contributed by atoms with Gasteiger partial charge in [-0.05, 0) is 23.8 Å². The average molecular weight is 388 g/mol. The fourth-order valence-corrected chi connectivity index (χ4v) is 2.77. The smallest absolute Gasteiger partial charge is 0.303 e. The van der Waals surface area contributed by atoms with E-state index in [1.165, 1.54) is 0 Å². The molecule has 3 aromatic rings. The Labute approximate surface area is 159 Å². The van der Waals surface area contributed by atoms with Gasteiger partial charge < -0.3 is 9.72 Å². The molecule has 0 aliphatic rings. The van der Waals surface area contributed by atoms with E-state index in [0.29, 0.717) is 22.7 Å². The van der Waals surface area contributed by atoms with Crippen LogP contribution in [-0.4, -0.2) is 27.3 Å². The van der Waals surface area contributed by atoms with Gasteiger partial charge in [0.15, 0.2) is 0 Å². The van der Waals surface area contributed by atoms with Crippen LogP contribution in [-0.2, 0) is 6.54 Å². The lowest BCUT2D eigenvalue weighted by Gasteiger charge is -2.10. The Balaban J connectivity index is 1.99. The van der Waals surface area contributed by atoms with Crippen molar-refractivity contribution in [2.45, 2.75) is 12.7 Å². The molecule has 0 fully saturated rings. The van der Waals surface area contributed by atoms with Gasteiger partial charge in [0.2, 0.25) is 0 Å². The van der Waals surface area contributed by atoms with Crippen molar-refractivity contribution in [1.29, 1.82) is 0 Å². The first-order valence-electron chi connectivity index (χ1n) is 8.48. The summed E-state index contributed by atoms with van der Waals surface area (Å²) in [6.45, 7) is 2.53. The second-order valence-corrected chi connectivity index (χ2v) is 6.15. The van der Waals surface area contributed by atoms with Gasteiger partial charge in [-0.15, -0.1) is 0 Å². The van der Waals surface area contributed by atoms with Crippen LogP contribution in [0.4, 0.5) is 13.2 Å².